The summed E-state index contributed by atoms with van der Waals surface area (Å²) in [6, 6.07) is 17.5. The number of benzene rings is 3. The van der Waals surface area contributed by atoms with Crippen LogP contribution in [-0.4, -0.2) is 28.9 Å². The third-order valence-corrected chi connectivity index (χ3v) is 6.09. The van der Waals surface area contributed by atoms with Gasteiger partial charge in [-0.3, -0.25) is 19.7 Å². The lowest BCUT2D eigenvalue weighted by Gasteiger charge is -2.10. The summed E-state index contributed by atoms with van der Waals surface area (Å²) in [5.74, 6) is -1.53. The first kappa shape index (κ1) is 27.4. The SMILES string of the molecule is O=C(NN=Cc1cc(Br)cc(Br)c1OC(=O)c1ccc([N+](=O)[O-])cc1)c1cccc(NC(=O)c2ccco2)c1. The average molecular weight is 656 g/mol. The zero-order chi connectivity index (χ0) is 27.9. The zero-order valence-electron chi connectivity index (χ0n) is 19.6. The summed E-state index contributed by atoms with van der Waals surface area (Å²) < 4.78 is 11.6. The fourth-order valence-electron chi connectivity index (χ4n) is 3.22. The van der Waals surface area contributed by atoms with Crippen LogP contribution in [0.3, 0.4) is 0 Å². The first-order chi connectivity index (χ1) is 18.7. The molecule has 0 aliphatic carbocycles. The smallest absolute Gasteiger partial charge is 0.343 e. The molecule has 1 aromatic heterocycles. The second-order valence-electron chi connectivity index (χ2n) is 7.71. The average Bonchev–Trinajstić information content (AvgIpc) is 3.46. The minimum atomic E-state index is -0.750. The maximum atomic E-state index is 12.7. The molecule has 0 fully saturated rings. The fraction of sp³-hybridized carbons (Fsp3) is 0. The van der Waals surface area contributed by atoms with Gasteiger partial charge in [-0.15, -0.1) is 0 Å². The van der Waals surface area contributed by atoms with E-state index in [2.05, 4.69) is 47.7 Å². The van der Waals surface area contributed by atoms with E-state index in [1.165, 1.54) is 48.9 Å². The number of esters is 1. The summed E-state index contributed by atoms with van der Waals surface area (Å²) >= 11 is 6.70. The van der Waals surface area contributed by atoms with Crippen molar-refractivity contribution in [2.75, 3.05) is 5.32 Å². The normalized spacial score (nSPS) is 10.7. The number of nitrogens with zero attached hydrogens (tertiary/aromatic N) is 2. The lowest BCUT2D eigenvalue weighted by Crippen LogP contribution is -2.18. The van der Waals surface area contributed by atoms with Gasteiger partial charge in [-0.05, 0) is 70.5 Å². The second-order valence-corrected chi connectivity index (χ2v) is 9.48. The van der Waals surface area contributed by atoms with Gasteiger partial charge >= 0.3 is 5.97 Å². The van der Waals surface area contributed by atoms with Gasteiger partial charge in [0, 0.05) is 33.4 Å². The van der Waals surface area contributed by atoms with Crippen molar-refractivity contribution in [3.8, 4) is 5.75 Å². The molecule has 39 heavy (non-hydrogen) atoms. The van der Waals surface area contributed by atoms with Crippen molar-refractivity contribution in [3.63, 3.8) is 0 Å². The van der Waals surface area contributed by atoms with Crippen molar-refractivity contribution in [2.24, 2.45) is 5.10 Å². The van der Waals surface area contributed by atoms with Gasteiger partial charge in [-0.1, -0.05) is 22.0 Å². The molecule has 0 atom stereocenters. The predicted molar refractivity (Wildman–Crippen MR) is 148 cm³/mol. The maximum absolute atomic E-state index is 12.7. The number of hydrogen-bond acceptors (Lipinski definition) is 8. The Morgan fingerprint density at radius 1 is 0.949 bits per heavy atom. The highest BCUT2D eigenvalue weighted by molar-refractivity contribution is 9.11. The number of hydrazone groups is 1. The summed E-state index contributed by atoms with van der Waals surface area (Å²) in [6.45, 7) is 0. The fourth-order valence-corrected chi connectivity index (χ4v) is 4.56. The van der Waals surface area contributed by atoms with Crippen LogP contribution in [0.15, 0.2) is 97.5 Å². The van der Waals surface area contributed by atoms with Crippen molar-refractivity contribution in [1.82, 2.24) is 5.43 Å². The van der Waals surface area contributed by atoms with Crippen LogP contribution in [0.1, 0.15) is 36.8 Å². The molecule has 11 nitrogen and oxygen atoms in total. The van der Waals surface area contributed by atoms with Crippen molar-refractivity contribution in [1.29, 1.82) is 0 Å². The molecular formula is C26H16Br2N4O7. The Kier molecular flexibility index (Phi) is 8.63. The molecule has 0 unspecified atom stereocenters. The van der Waals surface area contributed by atoms with E-state index in [-0.39, 0.29) is 28.3 Å². The van der Waals surface area contributed by atoms with Crippen LogP contribution < -0.4 is 15.5 Å². The molecule has 0 bridgehead atoms. The van der Waals surface area contributed by atoms with Gasteiger partial charge in [-0.25, -0.2) is 10.2 Å². The highest BCUT2D eigenvalue weighted by Gasteiger charge is 2.17. The molecule has 196 valence electrons. The second kappa shape index (κ2) is 12.3. The van der Waals surface area contributed by atoms with Crippen LogP contribution in [0.5, 0.6) is 5.75 Å². The van der Waals surface area contributed by atoms with Crippen molar-refractivity contribution in [3.05, 3.63) is 121 Å². The monoisotopic (exact) mass is 654 g/mol. The zero-order valence-corrected chi connectivity index (χ0v) is 22.8. The number of rotatable bonds is 8. The summed E-state index contributed by atoms with van der Waals surface area (Å²) in [7, 11) is 0. The largest absolute Gasteiger partial charge is 0.459 e. The number of non-ortho nitro benzene ring substituents is 1. The summed E-state index contributed by atoms with van der Waals surface area (Å²) in [5, 5.41) is 17.5. The Morgan fingerprint density at radius 2 is 1.72 bits per heavy atom. The van der Waals surface area contributed by atoms with E-state index < -0.39 is 22.7 Å². The first-order valence-corrected chi connectivity index (χ1v) is 12.5. The van der Waals surface area contributed by atoms with Crippen LogP contribution in [0.25, 0.3) is 0 Å². The molecule has 4 aromatic rings. The van der Waals surface area contributed by atoms with Crippen LogP contribution in [0, 0.1) is 10.1 Å². The lowest BCUT2D eigenvalue weighted by atomic mass is 10.2. The van der Waals surface area contributed by atoms with E-state index in [1.807, 2.05) is 0 Å². The van der Waals surface area contributed by atoms with Crippen LogP contribution in [0.2, 0.25) is 0 Å². The number of nitro benzene ring substituents is 1. The Bertz CT molecular complexity index is 1590. The van der Waals surface area contributed by atoms with Gasteiger partial charge in [0.15, 0.2) is 11.5 Å². The van der Waals surface area contributed by atoms with Crippen LogP contribution in [0.4, 0.5) is 11.4 Å². The third-order valence-electron chi connectivity index (χ3n) is 5.04. The molecular weight excluding hydrogens is 640 g/mol. The molecule has 0 radical (unpaired) electrons. The summed E-state index contributed by atoms with van der Waals surface area (Å²) in [5.41, 5.74) is 3.27. The van der Waals surface area contributed by atoms with Gasteiger partial charge in [0.25, 0.3) is 17.5 Å². The van der Waals surface area contributed by atoms with Crippen LogP contribution in [-0.2, 0) is 0 Å². The highest BCUT2D eigenvalue weighted by atomic mass is 79.9. The van der Waals surface area contributed by atoms with E-state index in [0.717, 1.165) is 0 Å². The van der Waals surface area contributed by atoms with Crippen molar-refractivity contribution < 1.29 is 28.5 Å². The minimum absolute atomic E-state index is 0.102. The Labute approximate surface area is 237 Å². The van der Waals surface area contributed by atoms with Crippen molar-refractivity contribution in [2.45, 2.75) is 0 Å². The topological polar surface area (TPSA) is 153 Å². The van der Waals surface area contributed by atoms with E-state index in [4.69, 9.17) is 9.15 Å². The molecule has 13 heteroatoms. The number of nitrogens with one attached hydrogen (secondary N) is 2. The molecule has 0 aliphatic rings. The number of nitro groups is 1. The van der Waals surface area contributed by atoms with Gasteiger partial charge in [0.1, 0.15) is 0 Å². The molecule has 0 saturated heterocycles. The van der Waals surface area contributed by atoms with E-state index >= 15 is 0 Å². The molecule has 4 rings (SSSR count). The molecule has 2 amide bonds. The quantitative estimate of drug-likeness (QED) is 0.0782. The van der Waals surface area contributed by atoms with Gasteiger partial charge in [0.2, 0.25) is 0 Å². The van der Waals surface area contributed by atoms with Crippen LogP contribution >= 0.6 is 31.9 Å². The van der Waals surface area contributed by atoms with E-state index in [0.29, 0.717) is 20.2 Å². The number of furan rings is 1. The Morgan fingerprint density at radius 3 is 2.41 bits per heavy atom. The number of ether oxygens (including phenoxy) is 1. The summed E-state index contributed by atoms with van der Waals surface area (Å²) in [4.78, 5) is 47.8. The number of hydrogen-bond donors (Lipinski definition) is 2. The predicted octanol–water partition coefficient (Wildman–Crippen LogP) is 5.95. The number of carbonyl (C=O) groups is 3. The van der Waals surface area contributed by atoms with Gasteiger partial charge in [-0.2, -0.15) is 5.10 Å². The summed E-state index contributed by atoms with van der Waals surface area (Å²) in [6.07, 6.45) is 2.66. The molecule has 0 saturated carbocycles. The minimum Gasteiger partial charge on any atom is -0.459 e. The lowest BCUT2D eigenvalue weighted by molar-refractivity contribution is -0.384. The number of halogens is 2. The maximum Gasteiger partial charge on any atom is 0.343 e. The molecule has 0 aliphatic heterocycles. The molecule has 3 aromatic carbocycles. The molecule has 0 spiro atoms. The van der Waals surface area contributed by atoms with Gasteiger partial charge < -0.3 is 14.5 Å². The molecule has 1 heterocycles. The highest BCUT2D eigenvalue weighted by Crippen LogP contribution is 2.33. The number of amides is 2. The Hall–Kier alpha value is -4.62. The van der Waals surface area contributed by atoms with E-state index in [9.17, 15) is 24.5 Å². The van der Waals surface area contributed by atoms with Gasteiger partial charge in [0.05, 0.1) is 27.4 Å². The molecule has 2 N–H and O–H groups in total. The van der Waals surface area contributed by atoms with E-state index in [1.54, 1.807) is 36.4 Å². The number of anilines is 1. The first-order valence-electron chi connectivity index (χ1n) is 11.0. The Balaban J connectivity index is 1.46. The standard InChI is InChI=1S/C26H16Br2N4O7/c27-18-11-17(23(21(28)13-18)39-26(35)15-6-8-20(9-7-15)32(36)37)14-29-31-24(33)16-3-1-4-19(12-16)30-25(34)22-5-2-10-38-22/h1-14H,(H,30,34)(H,31,33). The number of carbonyl (C=O) groups excluding carboxylic acids is 3. The van der Waals surface area contributed by atoms with Crippen molar-refractivity contribution >= 4 is 67.2 Å². The third kappa shape index (κ3) is 7.03.